The van der Waals surface area contributed by atoms with Crippen LogP contribution in [0.3, 0.4) is 0 Å². The van der Waals surface area contributed by atoms with E-state index < -0.39 is 0 Å². The number of halogens is 1. The van der Waals surface area contributed by atoms with Gasteiger partial charge in [-0.3, -0.25) is 4.99 Å². The van der Waals surface area contributed by atoms with Crippen molar-refractivity contribution in [2.75, 3.05) is 46.5 Å². The molecule has 2 fully saturated rings. The number of guanidine groups is 1. The number of hydrogen-bond donors (Lipinski definition) is 1. The Balaban J connectivity index is 1.37. The van der Waals surface area contributed by atoms with E-state index in [-0.39, 0.29) is 0 Å². The van der Waals surface area contributed by atoms with Gasteiger partial charge in [0.25, 0.3) is 0 Å². The largest absolute Gasteiger partial charge is 0.381 e. The van der Waals surface area contributed by atoms with E-state index in [1.807, 2.05) is 31.3 Å². The molecule has 0 radical (unpaired) electrons. The van der Waals surface area contributed by atoms with Gasteiger partial charge in [-0.05, 0) is 30.5 Å². The van der Waals surface area contributed by atoms with Crippen molar-refractivity contribution in [1.29, 1.82) is 0 Å². The summed E-state index contributed by atoms with van der Waals surface area (Å²) < 4.78 is 11.3. The number of benzene rings is 1. The fourth-order valence-electron chi connectivity index (χ4n) is 3.47. The monoisotopic (exact) mass is 351 g/mol. The fraction of sp³-hybridized carbons (Fsp3) is 0.611. The predicted molar refractivity (Wildman–Crippen MR) is 96.5 cm³/mol. The zero-order valence-electron chi connectivity index (χ0n) is 14.3. The third-order valence-corrected chi connectivity index (χ3v) is 5.06. The molecule has 1 N–H and O–H groups in total. The first-order valence-corrected chi connectivity index (χ1v) is 8.94. The minimum atomic E-state index is 0.348. The van der Waals surface area contributed by atoms with Crippen molar-refractivity contribution in [1.82, 2.24) is 10.2 Å². The Hall–Kier alpha value is -1.30. The third kappa shape index (κ3) is 4.41. The van der Waals surface area contributed by atoms with Crippen LogP contribution in [0, 0.1) is 5.41 Å². The maximum absolute atomic E-state index is 5.97. The second kappa shape index (κ2) is 8.19. The standard InChI is InChI=1S/C18H26ClN3O2/c1-20-17(22-8-5-18(13-22)6-9-24-14-18)21-7-10-23-12-15-3-2-4-16(19)11-15/h2-4,11H,5-10,12-14H2,1H3,(H,20,21). The van der Waals surface area contributed by atoms with Gasteiger partial charge < -0.3 is 19.7 Å². The van der Waals surface area contributed by atoms with Gasteiger partial charge in [0, 0.05) is 43.7 Å². The molecule has 2 heterocycles. The summed E-state index contributed by atoms with van der Waals surface area (Å²) >= 11 is 5.97. The van der Waals surface area contributed by atoms with Gasteiger partial charge in [-0.25, -0.2) is 0 Å². The quantitative estimate of drug-likeness (QED) is 0.503. The summed E-state index contributed by atoms with van der Waals surface area (Å²) in [5, 5.41) is 4.14. The second-order valence-corrected chi connectivity index (χ2v) is 7.07. The van der Waals surface area contributed by atoms with Crippen LogP contribution in [0.15, 0.2) is 29.3 Å². The highest BCUT2D eigenvalue weighted by Crippen LogP contribution is 2.38. The highest BCUT2D eigenvalue weighted by atomic mass is 35.5. The summed E-state index contributed by atoms with van der Waals surface area (Å²) in [6.45, 7) is 5.83. The SMILES string of the molecule is CN=C(NCCOCc1cccc(Cl)c1)N1CCC2(CCOC2)C1. The van der Waals surface area contributed by atoms with Crippen molar-refractivity contribution < 1.29 is 9.47 Å². The van der Waals surface area contributed by atoms with Crippen LogP contribution in [-0.2, 0) is 16.1 Å². The molecule has 0 saturated carbocycles. The zero-order valence-corrected chi connectivity index (χ0v) is 15.0. The van der Waals surface area contributed by atoms with E-state index in [0.29, 0.717) is 18.6 Å². The molecule has 6 heteroatoms. The molecule has 1 atom stereocenters. The molecule has 0 aliphatic carbocycles. The van der Waals surface area contributed by atoms with Crippen LogP contribution in [0.2, 0.25) is 5.02 Å². The summed E-state index contributed by atoms with van der Waals surface area (Å²) in [7, 11) is 1.84. The molecular formula is C18H26ClN3O2. The van der Waals surface area contributed by atoms with Gasteiger partial charge in [0.05, 0.1) is 19.8 Å². The van der Waals surface area contributed by atoms with Crippen molar-refractivity contribution in [2.45, 2.75) is 19.4 Å². The number of aliphatic imine (C=N–C) groups is 1. The predicted octanol–water partition coefficient (Wildman–Crippen LogP) is 2.54. The number of likely N-dealkylation sites (tertiary alicyclic amines) is 1. The van der Waals surface area contributed by atoms with Crippen LogP contribution < -0.4 is 5.32 Å². The summed E-state index contributed by atoms with van der Waals surface area (Å²) in [6, 6.07) is 7.76. The van der Waals surface area contributed by atoms with Gasteiger partial charge in [-0.15, -0.1) is 0 Å². The summed E-state index contributed by atoms with van der Waals surface area (Å²) in [6.07, 6.45) is 2.36. The highest BCUT2D eigenvalue weighted by molar-refractivity contribution is 6.30. The van der Waals surface area contributed by atoms with Gasteiger partial charge >= 0.3 is 0 Å². The first kappa shape index (κ1) is 17.5. The summed E-state index contributed by atoms with van der Waals surface area (Å²) in [5.41, 5.74) is 1.44. The van der Waals surface area contributed by atoms with Crippen molar-refractivity contribution in [3.8, 4) is 0 Å². The van der Waals surface area contributed by atoms with Crippen LogP contribution >= 0.6 is 11.6 Å². The van der Waals surface area contributed by atoms with Gasteiger partial charge in [0.1, 0.15) is 0 Å². The van der Waals surface area contributed by atoms with E-state index in [1.165, 1.54) is 12.8 Å². The van der Waals surface area contributed by atoms with Crippen LogP contribution in [0.4, 0.5) is 0 Å². The van der Waals surface area contributed by atoms with Gasteiger partial charge in [-0.2, -0.15) is 0 Å². The molecule has 1 aromatic rings. The molecule has 24 heavy (non-hydrogen) atoms. The molecule has 132 valence electrons. The number of rotatable bonds is 5. The van der Waals surface area contributed by atoms with E-state index in [4.69, 9.17) is 21.1 Å². The summed E-state index contributed by atoms with van der Waals surface area (Å²) in [4.78, 5) is 6.75. The molecule has 0 aromatic heterocycles. The average Bonchev–Trinajstić information content (AvgIpc) is 3.21. The first-order valence-electron chi connectivity index (χ1n) is 8.56. The van der Waals surface area contributed by atoms with Crippen LogP contribution in [0.5, 0.6) is 0 Å². The number of nitrogens with one attached hydrogen (secondary N) is 1. The highest BCUT2D eigenvalue weighted by Gasteiger charge is 2.42. The van der Waals surface area contributed by atoms with Crippen LogP contribution in [-0.4, -0.2) is 57.4 Å². The normalized spacial score (nSPS) is 24.1. The van der Waals surface area contributed by atoms with E-state index >= 15 is 0 Å². The van der Waals surface area contributed by atoms with Crippen molar-refractivity contribution >= 4 is 17.6 Å². The Morgan fingerprint density at radius 2 is 2.38 bits per heavy atom. The van der Waals surface area contributed by atoms with Gasteiger partial charge in [0.15, 0.2) is 5.96 Å². The second-order valence-electron chi connectivity index (χ2n) is 6.63. The van der Waals surface area contributed by atoms with Gasteiger partial charge in [0.2, 0.25) is 0 Å². The Morgan fingerprint density at radius 1 is 1.46 bits per heavy atom. The van der Waals surface area contributed by atoms with E-state index in [2.05, 4.69) is 15.2 Å². The molecule has 3 rings (SSSR count). The Morgan fingerprint density at radius 3 is 3.12 bits per heavy atom. The number of ether oxygens (including phenoxy) is 2. The molecule has 0 amide bonds. The Labute approximate surface area is 149 Å². The molecule has 1 spiro atoms. The zero-order chi connectivity index (χ0) is 16.8. The molecule has 2 aliphatic heterocycles. The van der Waals surface area contributed by atoms with E-state index in [9.17, 15) is 0 Å². The Kier molecular flexibility index (Phi) is 5.98. The molecule has 1 aromatic carbocycles. The molecule has 5 nitrogen and oxygen atoms in total. The topological polar surface area (TPSA) is 46.1 Å². The van der Waals surface area contributed by atoms with E-state index in [0.717, 1.165) is 49.4 Å². The average molecular weight is 352 g/mol. The van der Waals surface area contributed by atoms with Crippen molar-refractivity contribution in [3.05, 3.63) is 34.9 Å². The van der Waals surface area contributed by atoms with E-state index in [1.54, 1.807) is 0 Å². The molecule has 1 unspecified atom stereocenters. The minimum Gasteiger partial charge on any atom is -0.381 e. The molecule has 2 saturated heterocycles. The number of nitrogens with zero attached hydrogens (tertiary/aromatic N) is 2. The van der Waals surface area contributed by atoms with Crippen molar-refractivity contribution in [3.63, 3.8) is 0 Å². The fourth-order valence-corrected chi connectivity index (χ4v) is 3.68. The lowest BCUT2D eigenvalue weighted by atomic mass is 9.87. The first-order chi connectivity index (χ1) is 11.7. The summed E-state index contributed by atoms with van der Waals surface area (Å²) in [5.74, 6) is 0.963. The lowest BCUT2D eigenvalue weighted by Gasteiger charge is -2.24. The molecular weight excluding hydrogens is 326 g/mol. The smallest absolute Gasteiger partial charge is 0.193 e. The van der Waals surface area contributed by atoms with Gasteiger partial charge in [-0.1, -0.05) is 23.7 Å². The maximum Gasteiger partial charge on any atom is 0.193 e. The Bertz CT molecular complexity index is 573. The lowest BCUT2D eigenvalue weighted by molar-refractivity contribution is 0.125. The third-order valence-electron chi connectivity index (χ3n) is 4.82. The maximum atomic E-state index is 5.97. The number of hydrogen-bond acceptors (Lipinski definition) is 3. The minimum absolute atomic E-state index is 0.348. The van der Waals surface area contributed by atoms with Crippen LogP contribution in [0.25, 0.3) is 0 Å². The van der Waals surface area contributed by atoms with Crippen molar-refractivity contribution in [2.24, 2.45) is 10.4 Å². The lowest BCUT2D eigenvalue weighted by Crippen LogP contribution is -2.42. The van der Waals surface area contributed by atoms with Crippen LogP contribution in [0.1, 0.15) is 18.4 Å². The molecule has 2 aliphatic rings. The molecule has 0 bridgehead atoms.